The largest absolute Gasteiger partial charge is 0.354 e. The van der Waals surface area contributed by atoms with Crippen LogP contribution in [0.2, 0.25) is 0 Å². The van der Waals surface area contributed by atoms with Crippen LogP contribution in [0, 0.1) is 0 Å². The van der Waals surface area contributed by atoms with E-state index in [-0.39, 0.29) is 29.7 Å². The number of benzene rings is 1. The molecule has 3 N–H and O–H groups in total. The molecule has 0 unspecified atom stereocenters. The highest BCUT2D eigenvalue weighted by molar-refractivity contribution is 7.89. The quantitative estimate of drug-likeness (QED) is 0.484. The zero-order valence-corrected chi connectivity index (χ0v) is 18.1. The molecule has 0 bridgehead atoms. The summed E-state index contributed by atoms with van der Waals surface area (Å²) in [5.74, 6) is -1.03. The normalized spacial score (nSPS) is 11.1. The number of hydrogen-bond acceptors (Lipinski definition) is 6. The highest BCUT2D eigenvalue weighted by atomic mass is 32.2. The van der Waals surface area contributed by atoms with E-state index in [1.165, 1.54) is 38.2 Å². The zero-order valence-electron chi connectivity index (χ0n) is 17.3. The second kappa shape index (κ2) is 11.2. The molecule has 1 aromatic heterocycles. The number of carbonyl (C=O) groups is 3. The van der Waals surface area contributed by atoms with Gasteiger partial charge < -0.3 is 16.0 Å². The van der Waals surface area contributed by atoms with E-state index < -0.39 is 22.5 Å². The van der Waals surface area contributed by atoms with Gasteiger partial charge in [-0.15, -0.1) is 0 Å². The number of hydrogen-bond donors (Lipinski definition) is 3. The van der Waals surface area contributed by atoms with E-state index in [0.29, 0.717) is 12.2 Å². The summed E-state index contributed by atoms with van der Waals surface area (Å²) in [5.41, 5.74) is 1.37. The van der Waals surface area contributed by atoms with Crippen molar-refractivity contribution in [2.24, 2.45) is 0 Å². The molecule has 2 rings (SSSR count). The molecular weight excluding hydrogens is 422 g/mol. The number of pyridine rings is 1. The summed E-state index contributed by atoms with van der Waals surface area (Å²) in [5, 5.41) is 7.81. The molecule has 2 aromatic rings. The van der Waals surface area contributed by atoms with Crippen molar-refractivity contribution in [3.05, 3.63) is 54.4 Å². The van der Waals surface area contributed by atoms with Crippen molar-refractivity contribution in [1.29, 1.82) is 0 Å². The average Bonchev–Trinajstić information content (AvgIpc) is 2.73. The fourth-order valence-electron chi connectivity index (χ4n) is 2.54. The van der Waals surface area contributed by atoms with E-state index >= 15 is 0 Å². The third kappa shape index (κ3) is 7.79. The van der Waals surface area contributed by atoms with Crippen LogP contribution in [-0.4, -0.2) is 55.6 Å². The van der Waals surface area contributed by atoms with Crippen LogP contribution in [0.3, 0.4) is 0 Å². The van der Waals surface area contributed by atoms with Gasteiger partial charge in [-0.2, -0.15) is 4.31 Å². The van der Waals surface area contributed by atoms with Crippen molar-refractivity contribution in [3.8, 4) is 0 Å². The first-order valence-electron chi connectivity index (χ1n) is 9.45. The van der Waals surface area contributed by atoms with E-state index in [2.05, 4.69) is 20.9 Å². The van der Waals surface area contributed by atoms with Crippen LogP contribution in [0.25, 0.3) is 0 Å². The molecule has 1 aromatic carbocycles. The van der Waals surface area contributed by atoms with Crippen molar-refractivity contribution < 1.29 is 22.8 Å². The summed E-state index contributed by atoms with van der Waals surface area (Å²) in [6.07, 6.45) is 3.32. The van der Waals surface area contributed by atoms with Gasteiger partial charge in [-0.25, -0.2) is 8.42 Å². The number of carbonyl (C=O) groups excluding carboxylic acids is 3. The Morgan fingerprint density at radius 3 is 2.23 bits per heavy atom. The summed E-state index contributed by atoms with van der Waals surface area (Å²) in [4.78, 5) is 38.8. The van der Waals surface area contributed by atoms with E-state index in [1.807, 2.05) is 0 Å². The third-order valence-electron chi connectivity index (χ3n) is 4.16. The zero-order chi connectivity index (χ0) is 22.9. The van der Waals surface area contributed by atoms with Crippen molar-refractivity contribution >= 4 is 33.4 Å². The highest BCUT2D eigenvalue weighted by Crippen LogP contribution is 2.17. The molecule has 0 aliphatic heterocycles. The number of sulfonamides is 1. The number of rotatable bonds is 10. The van der Waals surface area contributed by atoms with Gasteiger partial charge in [0.1, 0.15) is 0 Å². The van der Waals surface area contributed by atoms with Crippen molar-refractivity contribution in [1.82, 2.24) is 19.9 Å². The summed E-state index contributed by atoms with van der Waals surface area (Å²) in [6.45, 7) is 1.40. The van der Waals surface area contributed by atoms with Crippen molar-refractivity contribution in [2.75, 3.05) is 25.5 Å². The smallest absolute Gasteiger partial charge is 0.243 e. The second-order valence-corrected chi connectivity index (χ2v) is 8.74. The molecule has 11 heteroatoms. The minimum atomic E-state index is -3.88. The van der Waals surface area contributed by atoms with Crippen LogP contribution in [0.5, 0.6) is 0 Å². The second-order valence-electron chi connectivity index (χ2n) is 6.70. The molecular formula is C20H25N5O5S. The van der Waals surface area contributed by atoms with Crippen LogP contribution in [-0.2, 0) is 31.0 Å². The summed E-state index contributed by atoms with van der Waals surface area (Å²) < 4.78 is 26.1. The van der Waals surface area contributed by atoms with Crippen LogP contribution in [0.15, 0.2) is 53.7 Å². The Kier molecular flexibility index (Phi) is 8.64. The van der Waals surface area contributed by atoms with Gasteiger partial charge in [0.25, 0.3) is 0 Å². The lowest BCUT2D eigenvalue weighted by atomic mass is 10.2. The maximum Gasteiger partial charge on any atom is 0.243 e. The molecule has 0 fully saturated rings. The highest BCUT2D eigenvalue weighted by Gasteiger charge is 2.23. The lowest BCUT2D eigenvalue weighted by molar-refractivity contribution is -0.122. The molecule has 1 heterocycles. The fraction of sp³-hybridized carbons (Fsp3) is 0.300. The molecule has 0 aliphatic rings. The lowest BCUT2D eigenvalue weighted by Crippen LogP contribution is -2.39. The van der Waals surface area contributed by atoms with Gasteiger partial charge in [0.05, 0.1) is 11.4 Å². The monoisotopic (exact) mass is 447 g/mol. The van der Waals surface area contributed by atoms with Gasteiger partial charge in [0, 0.05) is 51.6 Å². The van der Waals surface area contributed by atoms with E-state index in [9.17, 15) is 22.8 Å². The predicted octanol–water partition coefficient (Wildman–Crippen LogP) is 0.483. The lowest BCUT2D eigenvalue weighted by Gasteiger charge is -2.17. The Bertz CT molecular complexity index is 1010. The first-order valence-corrected chi connectivity index (χ1v) is 10.9. The first-order chi connectivity index (χ1) is 14.7. The van der Waals surface area contributed by atoms with E-state index in [4.69, 9.17) is 0 Å². The molecule has 0 saturated heterocycles. The number of anilines is 1. The molecule has 0 saturated carbocycles. The Morgan fingerprint density at radius 1 is 0.968 bits per heavy atom. The van der Waals surface area contributed by atoms with Gasteiger partial charge >= 0.3 is 0 Å². The molecule has 10 nitrogen and oxygen atoms in total. The topological polar surface area (TPSA) is 138 Å². The van der Waals surface area contributed by atoms with Crippen LogP contribution in [0.4, 0.5) is 5.69 Å². The van der Waals surface area contributed by atoms with Gasteiger partial charge in [-0.05, 0) is 42.0 Å². The first kappa shape index (κ1) is 24.0. The predicted molar refractivity (Wildman–Crippen MR) is 114 cm³/mol. The average molecular weight is 448 g/mol. The minimum absolute atomic E-state index is 0.00704. The molecule has 0 aliphatic carbocycles. The molecule has 3 amide bonds. The SMILES string of the molecule is CC(=O)Nc1ccc(S(=O)(=O)N(C)CC(=O)NCCC(=O)NCc2ccncc2)cc1. The maximum atomic E-state index is 12.6. The van der Waals surface area contributed by atoms with E-state index in [1.54, 1.807) is 24.5 Å². The Hall–Kier alpha value is -3.31. The van der Waals surface area contributed by atoms with Gasteiger partial charge in [-0.1, -0.05) is 0 Å². The third-order valence-corrected chi connectivity index (χ3v) is 5.98. The van der Waals surface area contributed by atoms with E-state index in [0.717, 1.165) is 9.87 Å². The molecule has 166 valence electrons. The van der Waals surface area contributed by atoms with Crippen LogP contribution < -0.4 is 16.0 Å². The summed E-state index contributed by atoms with van der Waals surface area (Å²) >= 11 is 0. The summed E-state index contributed by atoms with van der Waals surface area (Å²) in [7, 11) is -2.59. The van der Waals surface area contributed by atoms with Gasteiger partial charge in [-0.3, -0.25) is 19.4 Å². The number of likely N-dealkylation sites (N-methyl/N-ethyl adjacent to an activating group) is 1. The number of amides is 3. The molecule has 0 spiro atoms. The van der Waals surface area contributed by atoms with Crippen LogP contribution in [0.1, 0.15) is 18.9 Å². The van der Waals surface area contributed by atoms with Gasteiger partial charge in [0.2, 0.25) is 27.7 Å². The van der Waals surface area contributed by atoms with Gasteiger partial charge in [0.15, 0.2) is 0 Å². The number of nitrogens with zero attached hydrogens (tertiary/aromatic N) is 2. The summed E-state index contributed by atoms with van der Waals surface area (Å²) in [6, 6.07) is 9.20. The Morgan fingerprint density at radius 2 is 1.61 bits per heavy atom. The van der Waals surface area contributed by atoms with Crippen LogP contribution >= 0.6 is 0 Å². The Labute approximate surface area is 181 Å². The molecule has 31 heavy (non-hydrogen) atoms. The number of aromatic nitrogens is 1. The molecule has 0 radical (unpaired) electrons. The minimum Gasteiger partial charge on any atom is -0.354 e. The standard InChI is InChI=1S/C20H25N5O5S/c1-15(26)24-17-3-5-18(6-4-17)31(29,30)25(2)14-20(28)22-12-9-19(27)23-13-16-7-10-21-11-8-16/h3-8,10-11H,9,12-14H2,1-2H3,(H,22,28)(H,23,27)(H,24,26). The van der Waals surface area contributed by atoms with Crippen molar-refractivity contribution in [2.45, 2.75) is 24.8 Å². The fourth-order valence-corrected chi connectivity index (χ4v) is 3.67. The number of nitrogens with one attached hydrogen (secondary N) is 3. The molecule has 0 atom stereocenters. The maximum absolute atomic E-state index is 12.6. The van der Waals surface area contributed by atoms with Crippen molar-refractivity contribution in [3.63, 3.8) is 0 Å². The Balaban J connectivity index is 1.77.